The van der Waals surface area contributed by atoms with E-state index in [-0.39, 0.29) is 10.9 Å². The van der Waals surface area contributed by atoms with Crippen LogP contribution in [0.4, 0.5) is 28.8 Å². The summed E-state index contributed by atoms with van der Waals surface area (Å²) >= 11 is 2.12. The Bertz CT molecular complexity index is 1350. The van der Waals surface area contributed by atoms with E-state index in [0.29, 0.717) is 30.0 Å². The van der Waals surface area contributed by atoms with E-state index in [9.17, 15) is 8.42 Å². The van der Waals surface area contributed by atoms with E-state index in [2.05, 4.69) is 71.9 Å². The average Bonchev–Trinajstić information content (AvgIpc) is 3.28. The lowest BCUT2D eigenvalue weighted by molar-refractivity contribution is 0.342. The number of hydrogen-bond donors (Lipinski definition) is 3. The van der Waals surface area contributed by atoms with Crippen LogP contribution in [0.25, 0.3) is 0 Å². The molecule has 1 aliphatic heterocycles. The second-order valence-electron chi connectivity index (χ2n) is 9.37. The molecule has 0 aliphatic carbocycles. The third-order valence-corrected chi connectivity index (χ3v) is 8.37. The zero-order valence-electron chi connectivity index (χ0n) is 21.5. The molecule has 11 heteroatoms. The van der Waals surface area contributed by atoms with Gasteiger partial charge in [-0.05, 0) is 80.0 Å². The highest BCUT2D eigenvalue weighted by molar-refractivity contribution is 14.1. The molecule has 0 radical (unpaired) electrons. The molecule has 9 nitrogen and oxygen atoms in total. The smallest absolute Gasteiger partial charge is 0.242 e. The minimum atomic E-state index is -3.70. The van der Waals surface area contributed by atoms with Crippen LogP contribution in [0, 0.1) is 9.49 Å². The van der Waals surface area contributed by atoms with Gasteiger partial charge in [0, 0.05) is 37.1 Å². The standard InChI is InChI=1S/C26H33IN6O3S/c1-5-36-23-14-19(33-13-12-18(4)16-33)10-11-21(23)30-26-28-15-20(27)25(31-26)29-22-8-6-7-9-24(22)37(34,35)32-17(2)3/h6-11,14-15,17-18,32H,5,12-13,16H2,1-4H3,(H2,28,29,30,31)/t18-/m0/s1. The van der Waals surface area contributed by atoms with Crippen LogP contribution in [0.5, 0.6) is 5.75 Å². The van der Waals surface area contributed by atoms with Gasteiger partial charge in [-0.25, -0.2) is 18.1 Å². The first-order valence-electron chi connectivity index (χ1n) is 12.4. The Hall–Kier alpha value is -2.64. The summed E-state index contributed by atoms with van der Waals surface area (Å²) in [5, 5.41) is 6.45. The molecule has 0 amide bonds. The molecule has 0 saturated carbocycles. The quantitative estimate of drug-likeness (QED) is 0.251. The van der Waals surface area contributed by atoms with Crippen molar-refractivity contribution in [2.45, 2.75) is 45.1 Å². The van der Waals surface area contributed by atoms with Gasteiger partial charge in [0.05, 0.1) is 21.6 Å². The maximum atomic E-state index is 12.9. The number of nitrogens with zero attached hydrogens (tertiary/aromatic N) is 3. The molecule has 37 heavy (non-hydrogen) atoms. The van der Waals surface area contributed by atoms with E-state index in [1.807, 2.05) is 13.0 Å². The van der Waals surface area contributed by atoms with Crippen molar-refractivity contribution in [1.29, 1.82) is 0 Å². The summed E-state index contributed by atoms with van der Waals surface area (Å²) < 4.78 is 35.1. The molecule has 1 fully saturated rings. The van der Waals surface area contributed by atoms with Crippen molar-refractivity contribution in [3.05, 3.63) is 52.2 Å². The Balaban J connectivity index is 1.60. The van der Waals surface area contributed by atoms with E-state index in [1.54, 1.807) is 44.3 Å². The first-order chi connectivity index (χ1) is 17.7. The molecule has 0 spiro atoms. The fourth-order valence-electron chi connectivity index (χ4n) is 4.20. The second-order valence-corrected chi connectivity index (χ2v) is 12.2. The highest BCUT2D eigenvalue weighted by Crippen LogP contribution is 2.34. The molecule has 1 atom stereocenters. The summed E-state index contributed by atoms with van der Waals surface area (Å²) in [6.45, 7) is 10.4. The summed E-state index contributed by atoms with van der Waals surface area (Å²) in [6.07, 6.45) is 2.87. The fraction of sp³-hybridized carbons (Fsp3) is 0.385. The molecule has 0 bridgehead atoms. The molecule has 1 aromatic heterocycles. The van der Waals surface area contributed by atoms with Gasteiger partial charge in [-0.2, -0.15) is 4.98 Å². The predicted molar refractivity (Wildman–Crippen MR) is 157 cm³/mol. The van der Waals surface area contributed by atoms with Crippen molar-refractivity contribution >= 4 is 61.4 Å². The lowest BCUT2D eigenvalue weighted by atomic mass is 10.2. The highest BCUT2D eigenvalue weighted by atomic mass is 127. The van der Waals surface area contributed by atoms with Crippen molar-refractivity contribution in [3.63, 3.8) is 0 Å². The van der Waals surface area contributed by atoms with Crippen molar-refractivity contribution in [3.8, 4) is 5.75 Å². The monoisotopic (exact) mass is 636 g/mol. The number of sulfonamides is 1. The first kappa shape index (κ1) is 27.4. The zero-order valence-corrected chi connectivity index (χ0v) is 24.4. The van der Waals surface area contributed by atoms with Crippen molar-refractivity contribution in [2.24, 2.45) is 5.92 Å². The second kappa shape index (κ2) is 11.8. The molecular formula is C26H33IN6O3S. The van der Waals surface area contributed by atoms with Gasteiger partial charge in [0.1, 0.15) is 16.5 Å². The minimum absolute atomic E-state index is 0.151. The lowest BCUT2D eigenvalue weighted by Gasteiger charge is -2.21. The maximum Gasteiger partial charge on any atom is 0.242 e. The van der Waals surface area contributed by atoms with Gasteiger partial charge in [-0.15, -0.1) is 0 Å². The van der Waals surface area contributed by atoms with Crippen molar-refractivity contribution < 1.29 is 13.2 Å². The fourth-order valence-corrected chi connectivity index (χ4v) is 6.01. The molecule has 0 unspecified atom stereocenters. The number of benzene rings is 2. The maximum absolute atomic E-state index is 12.9. The van der Waals surface area contributed by atoms with Gasteiger partial charge < -0.3 is 20.3 Å². The molecular weight excluding hydrogens is 603 g/mol. The molecule has 3 aromatic rings. The summed E-state index contributed by atoms with van der Waals surface area (Å²) in [5.74, 6) is 2.27. The van der Waals surface area contributed by atoms with Gasteiger partial charge in [0.25, 0.3) is 0 Å². The molecule has 2 heterocycles. The zero-order chi connectivity index (χ0) is 26.6. The number of aromatic nitrogens is 2. The number of halogens is 1. The number of hydrogen-bond acceptors (Lipinski definition) is 8. The summed E-state index contributed by atoms with van der Waals surface area (Å²) in [6, 6.07) is 12.6. The van der Waals surface area contributed by atoms with Crippen LogP contribution in [0.15, 0.2) is 53.6 Å². The Morgan fingerprint density at radius 3 is 2.65 bits per heavy atom. The minimum Gasteiger partial charge on any atom is -0.492 e. The van der Waals surface area contributed by atoms with Crippen LogP contribution < -0.4 is 25.0 Å². The van der Waals surface area contributed by atoms with Crippen LogP contribution in [0.3, 0.4) is 0 Å². The molecule has 2 aromatic carbocycles. The van der Waals surface area contributed by atoms with E-state index in [4.69, 9.17) is 4.74 Å². The van der Waals surface area contributed by atoms with Crippen molar-refractivity contribution in [2.75, 3.05) is 35.2 Å². The average molecular weight is 637 g/mol. The Kier molecular flexibility index (Phi) is 8.75. The normalized spacial score (nSPS) is 15.7. The van der Waals surface area contributed by atoms with Crippen LogP contribution >= 0.6 is 22.6 Å². The number of ether oxygens (including phenoxy) is 1. The number of para-hydroxylation sites is 1. The van der Waals surface area contributed by atoms with Gasteiger partial charge in [0.15, 0.2) is 0 Å². The van der Waals surface area contributed by atoms with Gasteiger partial charge in [-0.3, -0.25) is 0 Å². The molecule has 3 N–H and O–H groups in total. The van der Waals surface area contributed by atoms with Crippen molar-refractivity contribution in [1.82, 2.24) is 14.7 Å². The lowest BCUT2D eigenvalue weighted by Crippen LogP contribution is -2.30. The third kappa shape index (κ3) is 6.82. The molecule has 1 saturated heterocycles. The number of anilines is 5. The summed E-state index contributed by atoms with van der Waals surface area (Å²) in [4.78, 5) is 11.6. The molecule has 1 aliphatic rings. The number of nitrogens with one attached hydrogen (secondary N) is 3. The van der Waals surface area contributed by atoms with E-state index in [1.165, 1.54) is 6.42 Å². The topological polar surface area (TPSA) is 108 Å². The Labute approximate surface area is 232 Å². The van der Waals surface area contributed by atoms with Gasteiger partial charge in [-0.1, -0.05) is 19.1 Å². The van der Waals surface area contributed by atoms with Crippen LogP contribution in [-0.2, 0) is 10.0 Å². The van der Waals surface area contributed by atoms with E-state index < -0.39 is 10.0 Å². The Morgan fingerprint density at radius 2 is 1.95 bits per heavy atom. The largest absolute Gasteiger partial charge is 0.492 e. The molecule has 198 valence electrons. The number of rotatable bonds is 10. The van der Waals surface area contributed by atoms with Crippen LogP contribution in [-0.4, -0.2) is 44.1 Å². The van der Waals surface area contributed by atoms with Crippen LogP contribution in [0.1, 0.15) is 34.1 Å². The Morgan fingerprint density at radius 1 is 1.16 bits per heavy atom. The van der Waals surface area contributed by atoms with E-state index >= 15 is 0 Å². The van der Waals surface area contributed by atoms with Gasteiger partial charge >= 0.3 is 0 Å². The molecule has 4 rings (SSSR count). The van der Waals surface area contributed by atoms with Gasteiger partial charge in [0.2, 0.25) is 16.0 Å². The third-order valence-electron chi connectivity index (χ3n) is 5.87. The summed E-state index contributed by atoms with van der Waals surface area (Å²) in [7, 11) is -3.70. The SMILES string of the molecule is CCOc1cc(N2CC[C@H](C)C2)ccc1Nc1ncc(I)c(Nc2ccccc2S(=O)(=O)NC(C)C)n1. The predicted octanol–water partition coefficient (Wildman–Crippen LogP) is 5.50. The van der Waals surface area contributed by atoms with Crippen LogP contribution in [0.2, 0.25) is 0 Å². The first-order valence-corrected chi connectivity index (χ1v) is 14.9. The highest BCUT2D eigenvalue weighted by Gasteiger charge is 2.22. The van der Waals surface area contributed by atoms with E-state index in [0.717, 1.165) is 33.8 Å². The summed E-state index contributed by atoms with van der Waals surface area (Å²) in [5.41, 5.74) is 2.32.